The fourth-order valence-corrected chi connectivity index (χ4v) is 2.90. The molecule has 0 aliphatic heterocycles. The van der Waals surface area contributed by atoms with Crippen molar-refractivity contribution in [2.75, 3.05) is 0 Å². The van der Waals surface area contributed by atoms with Gasteiger partial charge in [-0.05, 0) is 11.1 Å². The molecule has 0 amide bonds. The molecule has 3 heteroatoms. The van der Waals surface area contributed by atoms with Gasteiger partial charge in [-0.3, -0.25) is 9.59 Å². The maximum Gasteiger partial charge on any atom is 0.144 e. The third-order valence-electron chi connectivity index (χ3n) is 4.25. The first-order valence-electron chi connectivity index (χ1n) is 8.55. The van der Waals surface area contributed by atoms with E-state index in [0.717, 1.165) is 11.1 Å². The van der Waals surface area contributed by atoms with Crippen LogP contribution in [0.5, 0.6) is 0 Å². The molecule has 0 saturated heterocycles. The van der Waals surface area contributed by atoms with Gasteiger partial charge >= 0.3 is 0 Å². The molecule has 0 aliphatic carbocycles. The number of hydrogen-bond acceptors (Lipinski definition) is 3. The van der Waals surface area contributed by atoms with E-state index in [4.69, 9.17) is 0 Å². The SMILES string of the molecule is CCC(=O)C(C(=O)CC)C(NCc1ccccc1)c1ccccc1. The van der Waals surface area contributed by atoms with Crippen LogP contribution in [-0.4, -0.2) is 11.6 Å². The summed E-state index contributed by atoms with van der Waals surface area (Å²) in [6.45, 7) is 4.25. The number of Topliss-reactive ketones (excluding diaryl/α,β-unsaturated/α-hetero) is 2. The van der Waals surface area contributed by atoms with E-state index in [9.17, 15) is 9.59 Å². The molecule has 126 valence electrons. The fraction of sp³-hybridized carbons (Fsp3) is 0.333. The summed E-state index contributed by atoms with van der Waals surface area (Å²) in [6.07, 6.45) is 0.736. The van der Waals surface area contributed by atoms with Crippen LogP contribution in [0.1, 0.15) is 43.9 Å². The third kappa shape index (κ3) is 4.62. The van der Waals surface area contributed by atoms with Crippen LogP contribution in [0.4, 0.5) is 0 Å². The van der Waals surface area contributed by atoms with Crippen LogP contribution in [0.2, 0.25) is 0 Å². The Bertz CT molecular complexity index is 636. The lowest BCUT2D eigenvalue weighted by molar-refractivity contribution is -0.133. The van der Waals surface area contributed by atoms with Crippen molar-refractivity contribution in [3.05, 3.63) is 71.8 Å². The number of benzene rings is 2. The van der Waals surface area contributed by atoms with E-state index in [1.807, 2.05) is 74.5 Å². The van der Waals surface area contributed by atoms with Crippen LogP contribution in [0, 0.1) is 5.92 Å². The minimum Gasteiger partial charge on any atom is -0.305 e. The standard InChI is InChI=1S/C21H25NO2/c1-3-18(23)20(19(24)4-2)21(17-13-9-6-10-14-17)22-15-16-11-7-5-8-12-16/h5-14,20-22H,3-4,15H2,1-2H3. The van der Waals surface area contributed by atoms with Crippen LogP contribution in [-0.2, 0) is 16.1 Å². The fourth-order valence-electron chi connectivity index (χ4n) is 2.90. The van der Waals surface area contributed by atoms with E-state index < -0.39 is 5.92 Å². The van der Waals surface area contributed by atoms with E-state index in [1.54, 1.807) is 0 Å². The van der Waals surface area contributed by atoms with Crippen LogP contribution in [0.3, 0.4) is 0 Å². The van der Waals surface area contributed by atoms with Gasteiger partial charge in [0.15, 0.2) is 0 Å². The molecular formula is C21H25NO2. The van der Waals surface area contributed by atoms with Crippen LogP contribution in [0.15, 0.2) is 60.7 Å². The minimum absolute atomic E-state index is 0.00346. The van der Waals surface area contributed by atoms with Crippen molar-refractivity contribution in [3.8, 4) is 0 Å². The van der Waals surface area contributed by atoms with Gasteiger partial charge < -0.3 is 5.32 Å². The van der Waals surface area contributed by atoms with Gasteiger partial charge in [-0.25, -0.2) is 0 Å². The molecule has 0 heterocycles. The van der Waals surface area contributed by atoms with Gasteiger partial charge in [0.2, 0.25) is 0 Å². The lowest BCUT2D eigenvalue weighted by Gasteiger charge is -2.26. The van der Waals surface area contributed by atoms with E-state index in [2.05, 4.69) is 5.32 Å². The lowest BCUT2D eigenvalue weighted by atomic mass is 9.84. The first kappa shape index (κ1) is 18.1. The normalized spacial score (nSPS) is 12.1. The highest BCUT2D eigenvalue weighted by Crippen LogP contribution is 2.26. The molecule has 24 heavy (non-hydrogen) atoms. The third-order valence-corrected chi connectivity index (χ3v) is 4.25. The highest BCUT2D eigenvalue weighted by molar-refractivity contribution is 6.03. The van der Waals surface area contributed by atoms with E-state index in [0.29, 0.717) is 19.4 Å². The number of carbonyl (C=O) groups is 2. The number of carbonyl (C=O) groups excluding carboxylic acids is 2. The Labute approximate surface area is 144 Å². The van der Waals surface area contributed by atoms with E-state index >= 15 is 0 Å². The smallest absolute Gasteiger partial charge is 0.144 e. The predicted molar refractivity (Wildman–Crippen MR) is 96.6 cm³/mol. The Morgan fingerprint density at radius 3 is 1.83 bits per heavy atom. The Balaban J connectivity index is 2.30. The highest BCUT2D eigenvalue weighted by atomic mass is 16.1. The van der Waals surface area contributed by atoms with E-state index in [1.165, 1.54) is 0 Å². The first-order chi connectivity index (χ1) is 11.7. The van der Waals surface area contributed by atoms with Crippen LogP contribution in [0.25, 0.3) is 0 Å². The minimum atomic E-state index is -0.633. The van der Waals surface area contributed by atoms with Gasteiger partial charge in [0.25, 0.3) is 0 Å². The number of ketones is 2. The van der Waals surface area contributed by atoms with Crippen molar-refractivity contribution in [1.82, 2.24) is 5.32 Å². The Morgan fingerprint density at radius 2 is 1.33 bits per heavy atom. The maximum absolute atomic E-state index is 12.5. The number of rotatable bonds is 9. The summed E-state index contributed by atoms with van der Waals surface area (Å²) in [4.78, 5) is 25.0. The van der Waals surface area contributed by atoms with Gasteiger partial charge in [-0.2, -0.15) is 0 Å². The summed E-state index contributed by atoms with van der Waals surface area (Å²) >= 11 is 0. The quantitative estimate of drug-likeness (QED) is 0.707. The van der Waals surface area contributed by atoms with Crippen molar-refractivity contribution in [1.29, 1.82) is 0 Å². The Morgan fingerprint density at radius 1 is 0.833 bits per heavy atom. The summed E-state index contributed by atoms with van der Waals surface area (Å²) < 4.78 is 0. The number of hydrogen-bond donors (Lipinski definition) is 1. The average Bonchev–Trinajstić information content (AvgIpc) is 2.65. The zero-order chi connectivity index (χ0) is 17.4. The Hall–Kier alpha value is -2.26. The number of nitrogens with one attached hydrogen (secondary N) is 1. The molecule has 1 unspecified atom stereocenters. The molecule has 2 rings (SSSR count). The largest absolute Gasteiger partial charge is 0.305 e. The second-order valence-corrected chi connectivity index (χ2v) is 5.87. The predicted octanol–water partition coefficient (Wildman–Crippen LogP) is 4.09. The monoisotopic (exact) mass is 323 g/mol. The highest BCUT2D eigenvalue weighted by Gasteiger charge is 2.33. The molecule has 0 bridgehead atoms. The summed E-state index contributed by atoms with van der Waals surface area (Å²) in [5.41, 5.74) is 2.10. The molecule has 0 saturated carbocycles. The molecular weight excluding hydrogens is 298 g/mol. The lowest BCUT2D eigenvalue weighted by Crippen LogP contribution is -2.37. The van der Waals surface area contributed by atoms with E-state index in [-0.39, 0.29) is 17.6 Å². The summed E-state index contributed by atoms with van der Waals surface area (Å²) in [7, 11) is 0. The molecule has 0 aliphatic rings. The molecule has 0 radical (unpaired) electrons. The molecule has 3 nitrogen and oxygen atoms in total. The average molecular weight is 323 g/mol. The summed E-state index contributed by atoms with van der Waals surface area (Å²) in [5.74, 6) is -0.640. The molecule has 0 fully saturated rings. The maximum atomic E-state index is 12.5. The topological polar surface area (TPSA) is 46.2 Å². The molecule has 2 aromatic carbocycles. The molecule has 2 aromatic rings. The zero-order valence-corrected chi connectivity index (χ0v) is 14.4. The van der Waals surface area contributed by atoms with Crippen LogP contribution < -0.4 is 5.32 Å². The van der Waals surface area contributed by atoms with Crippen molar-refractivity contribution in [2.45, 2.75) is 39.3 Å². The molecule has 0 spiro atoms. The Kier molecular flexibility index (Phi) is 6.89. The van der Waals surface area contributed by atoms with Crippen molar-refractivity contribution in [3.63, 3.8) is 0 Å². The van der Waals surface area contributed by atoms with Gasteiger partial charge in [0, 0.05) is 25.4 Å². The zero-order valence-electron chi connectivity index (χ0n) is 14.4. The second kappa shape index (κ2) is 9.14. The van der Waals surface area contributed by atoms with Gasteiger partial charge in [-0.1, -0.05) is 74.5 Å². The van der Waals surface area contributed by atoms with Crippen LogP contribution >= 0.6 is 0 Å². The van der Waals surface area contributed by atoms with Gasteiger partial charge in [-0.15, -0.1) is 0 Å². The van der Waals surface area contributed by atoms with Gasteiger partial charge in [0.05, 0.1) is 5.92 Å². The molecule has 1 atom stereocenters. The second-order valence-electron chi connectivity index (χ2n) is 5.87. The van der Waals surface area contributed by atoms with Crippen molar-refractivity contribution < 1.29 is 9.59 Å². The summed E-state index contributed by atoms with van der Waals surface area (Å²) in [6, 6.07) is 19.5. The summed E-state index contributed by atoms with van der Waals surface area (Å²) in [5, 5.41) is 3.44. The molecule has 1 N–H and O–H groups in total. The molecule has 0 aromatic heterocycles. The first-order valence-corrected chi connectivity index (χ1v) is 8.55. The van der Waals surface area contributed by atoms with Crippen molar-refractivity contribution in [2.24, 2.45) is 5.92 Å². The van der Waals surface area contributed by atoms with Crippen molar-refractivity contribution >= 4 is 11.6 Å². The van der Waals surface area contributed by atoms with Gasteiger partial charge in [0.1, 0.15) is 11.6 Å².